The zero-order chi connectivity index (χ0) is 19.7. The lowest BCUT2D eigenvalue weighted by molar-refractivity contribution is 0.475. The number of rotatable bonds is 4. The fraction of sp³-hybridized carbons (Fsp3) is 0.0833. The lowest BCUT2D eigenvalue weighted by Crippen LogP contribution is -2.05. The Kier molecular flexibility index (Phi) is 4.65. The van der Waals surface area contributed by atoms with Crippen LogP contribution in [0.1, 0.15) is 22.6 Å². The molecular weight excluding hydrogens is 368 g/mol. The molecule has 4 aromatic carbocycles. The van der Waals surface area contributed by atoms with Crippen molar-refractivity contribution < 1.29 is 13.5 Å². The number of benzene rings is 4. The summed E-state index contributed by atoms with van der Waals surface area (Å²) in [6, 6.07) is 28.7. The number of hydrogen-bond donors (Lipinski definition) is 1. The zero-order valence-electron chi connectivity index (χ0n) is 15.4. The molecule has 0 amide bonds. The highest BCUT2D eigenvalue weighted by Gasteiger charge is 2.20. The molecule has 0 aliphatic heterocycles. The van der Waals surface area contributed by atoms with Gasteiger partial charge >= 0.3 is 0 Å². The number of fused-ring (bicyclic) bond motifs is 1. The van der Waals surface area contributed by atoms with E-state index in [0.717, 1.165) is 27.5 Å². The summed E-state index contributed by atoms with van der Waals surface area (Å²) in [7, 11) is -3.25. The standard InChI is InChI=1S/C24H20O3S/c1-28(26,27)21-15-11-19(12-16-21)24(18-9-13-20(25)14-10-18)23-8-4-6-17-5-2-3-7-22(17)23/h2-16,24-25H,1H3. The summed E-state index contributed by atoms with van der Waals surface area (Å²) in [6.07, 6.45) is 1.21. The maximum atomic E-state index is 11.8. The molecule has 1 atom stereocenters. The maximum absolute atomic E-state index is 11.8. The fourth-order valence-electron chi connectivity index (χ4n) is 3.63. The van der Waals surface area contributed by atoms with Crippen molar-refractivity contribution in [3.8, 4) is 5.75 Å². The van der Waals surface area contributed by atoms with Crippen molar-refractivity contribution in [1.29, 1.82) is 0 Å². The van der Waals surface area contributed by atoms with Gasteiger partial charge in [0.15, 0.2) is 9.84 Å². The minimum Gasteiger partial charge on any atom is -0.508 e. The predicted octanol–water partition coefficient (Wildman–Crippen LogP) is 5.13. The lowest BCUT2D eigenvalue weighted by atomic mass is 9.83. The van der Waals surface area contributed by atoms with Gasteiger partial charge in [-0.3, -0.25) is 0 Å². The van der Waals surface area contributed by atoms with E-state index in [1.54, 1.807) is 24.3 Å². The highest BCUT2D eigenvalue weighted by Crippen LogP contribution is 2.37. The van der Waals surface area contributed by atoms with Gasteiger partial charge in [0.2, 0.25) is 0 Å². The van der Waals surface area contributed by atoms with Gasteiger partial charge in [0, 0.05) is 12.2 Å². The Balaban J connectivity index is 1.93. The van der Waals surface area contributed by atoms with E-state index < -0.39 is 9.84 Å². The highest BCUT2D eigenvalue weighted by molar-refractivity contribution is 7.90. The van der Waals surface area contributed by atoms with Crippen molar-refractivity contribution >= 4 is 20.6 Å². The van der Waals surface area contributed by atoms with Gasteiger partial charge in [0.25, 0.3) is 0 Å². The van der Waals surface area contributed by atoms with Crippen LogP contribution in [0.15, 0.2) is 95.9 Å². The summed E-state index contributed by atoms with van der Waals surface area (Å²) in [5.74, 6) is 0.133. The van der Waals surface area contributed by atoms with Gasteiger partial charge in [-0.25, -0.2) is 8.42 Å². The normalized spacial score (nSPS) is 12.8. The monoisotopic (exact) mass is 388 g/mol. The third-order valence-electron chi connectivity index (χ3n) is 5.00. The Labute approximate surface area is 164 Å². The van der Waals surface area contributed by atoms with Gasteiger partial charge in [0.05, 0.1) is 4.90 Å². The van der Waals surface area contributed by atoms with Crippen LogP contribution in [0.5, 0.6) is 5.75 Å². The van der Waals surface area contributed by atoms with Crippen molar-refractivity contribution in [2.75, 3.05) is 6.26 Å². The summed E-state index contributed by atoms with van der Waals surface area (Å²) in [6.45, 7) is 0. The van der Waals surface area contributed by atoms with E-state index >= 15 is 0 Å². The van der Waals surface area contributed by atoms with Gasteiger partial charge < -0.3 is 5.11 Å². The fourth-order valence-corrected chi connectivity index (χ4v) is 4.26. The smallest absolute Gasteiger partial charge is 0.175 e. The molecule has 28 heavy (non-hydrogen) atoms. The SMILES string of the molecule is CS(=O)(=O)c1ccc(C(c2ccc(O)cc2)c2cccc3ccccc23)cc1. The first-order valence-corrected chi connectivity index (χ1v) is 10.9. The molecule has 0 saturated heterocycles. The Hall–Kier alpha value is -3.11. The number of phenols is 1. The van der Waals surface area contributed by atoms with Crippen molar-refractivity contribution in [1.82, 2.24) is 0 Å². The molecule has 0 aromatic heterocycles. The van der Waals surface area contributed by atoms with Crippen LogP contribution in [0.25, 0.3) is 10.8 Å². The van der Waals surface area contributed by atoms with E-state index in [1.165, 1.54) is 6.26 Å². The lowest BCUT2D eigenvalue weighted by Gasteiger charge is -2.21. The molecule has 0 radical (unpaired) electrons. The molecule has 4 rings (SSSR count). The second-order valence-corrected chi connectivity index (χ2v) is 8.95. The van der Waals surface area contributed by atoms with Gasteiger partial charge in [-0.1, -0.05) is 66.7 Å². The van der Waals surface area contributed by atoms with Crippen LogP contribution in [0.3, 0.4) is 0 Å². The van der Waals surface area contributed by atoms with Crippen molar-refractivity contribution in [2.45, 2.75) is 10.8 Å². The first kappa shape index (κ1) is 18.3. The molecule has 3 nitrogen and oxygen atoms in total. The molecule has 0 bridgehead atoms. The molecule has 0 spiro atoms. The van der Waals surface area contributed by atoms with E-state index in [0.29, 0.717) is 4.90 Å². The molecule has 4 heteroatoms. The van der Waals surface area contributed by atoms with Crippen LogP contribution in [0.4, 0.5) is 0 Å². The summed E-state index contributed by atoms with van der Waals surface area (Å²) in [4.78, 5) is 0.304. The molecule has 0 saturated carbocycles. The summed E-state index contributed by atoms with van der Waals surface area (Å²) in [5, 5.41) is 12.0. The van der Waals surface area contributed by atoms with E-state index in [9.17, 15) is 13.5 Å². The van der Waals surface area contributed by atoms with Crippen LogP contribution in [0.2, 0.25) is 0 Å². The van der Waals surface area contributed by atoms with Crippen LogP contribution in [0, 0.1) is 0 Å². The molecule has 4 aromatic rings. The van der Waals surface area contributed by atoms with Crippen LogP contribution in [-0.2, 0) is 9.84 Å². The molecule has 1 unspecified atom stereocenters. The zero-order valence-corrected chi connectivity index (χ0v) is 16.2. The number of sulfone groups is 1. The Morgan fingerprint density at radius 3 is 1.93 bits per heavy atom. The average molecular weight is 388 g/mol. The maximum Gasteiger partial charge on any atom is 0.175 e. The average Bonchev–Trinajstić information content (AvgIpc) is 2.70. The van der Waals surface area contributed by atoms with Gasteiger partial charge in [-0.15, -0.1) is 0 Å². The quantitative estimate of drug-likeness (QED) is 0.493. The van der Waals surface area contributed by atoms with Gasteiger partial charge in [-0.05, 0) is 51.7 Å². The largest absolute Gasteiger partial charge is 0.508 e. The predicted molar refractivity (Wildman–Crippen MR) is 113 cm³/mol. The van der Waals surface area contributed by atoms with Crippen LogP contribution < -0.4 is 0 Å². The molecule has 140 valence electrons. The first-order valence-electron chi connectivity index (χ1n) is 9.00. The third-order valence-corrected chi connectivity index (χ3v) is 6.13. The Morgan fingerprint density at radius 2 is 1.29 bits per heavy atom. The van der Waals surface area contributed by atoms with Crippen molar-refractivity contribution in [3.05, 3.63) is 108 Å². The second-order valence-electron chi connectivity index (χ2n) is 6.93. The van der Waals surface area contributed by atoms with E-state index in [2.05, 4.69) is 24.3 Å². The molecule has 0 heterocycles. The molecule has 0 fully saturated rings. The number of phenolic OH excluding ortho intramolecular Hbond substituents is 1. The summed E-state index contributed by atoms with van der Waals surface area (Å²) < 4.78 is 23.7. The highest BCUT2D eigenvalue weighted by atomic mass is 32.2. The Bertz CT molecular complexity index is 1220. The van der Waals surface area contributed by atoms with E-state index in [-0.39, 0.29) is 11.7 Å². The first-order chi connectivity index (χ1) is 13.4. The molecule has 0 aliphatic rings. The van der Waals surface area contributed by atoms with Gasteiger partial charge in [0.1, 0.15) is 5.75 Å². The molecule has 0 aliphatic carbocycles. The minimum absolute atomic E-state index is 0.0830. The van der Waals surface area contributed by atoms with Crippen LogP contribution >= 0.6 is 0 Å². The number of hydrogen-bond acceptors (Lipinski definition) is 3. The summed E-state index contributed by atoms with van der Waals surface area (Å²) >= 11 is 0. The van der Waals surface area contributed by atoms with Crippen LogP contribution in [-0.4, -0.2) is 19.8 Å². The Morgan fingerprint density at radius 1 is 0.714 bits per heavy atom. The van der Waals surface area contributed by atoms with Crippen molar-refractivity contribution in [3.63, 3.8) is 0 Å². The molecule has 1 N–H and O–H groups in total. The summed E-state index contributed by atoms with van der Waals surface area (Å²) in [5.41, 5.74) is 3.16. The molecular formula is C24H20O3S. The topological polar surface area (TPSA) is 54.4 Å². The second kappa shape index (κ2) is 7.13. The minimum atomic E-state index is -3.25. The third kappa shape index (κ3) is 3.51. The van der Waals surface area contributed by atoms with E-state index in [1.807, 2.05) is 42.5 Å². The van der Waals surface area contributed by atoms with E-state index in [4.69, 9.17) is 0 Å². The van der Waals surface area contributed by atoms with Gasteiger partial charge in [-0.2, -0.15) is 0 Å². The van der Waals surface area contributed by atoms with Crippen molar-refractivity contribution in [2.24, 2.45) is 0 Å². The number of aromatic hydroxyl groups is 1.